The molecule has 5 heteroatoms. The van der Waals surface area contributed by atoms with Crippen molar-refractivity contribution in [1.29, 1.82) is 0 Å². The third-order valence-electron chi connectivity index (χ3n) is 1.17. The third-order valence-corrected chi connectivity index (χ3v) is 2.29. The number of nitrogens with zero attached hydrogens (tertiary/aromatic N) is 1. The summed E-state index contributed by atoms with van der Waals surface area (Å²) in [4.78, 5) is 3.48. The highest BCUT2D eigenvalue weighted by molar-refractivity contribution is 7.28. The molecule has 1 aromatic heterocycles. The molecular formula is C6H5ClF2NP. The molecule has 0 aliphatic heterocycles. The predicted octanol–water partition coefficient (Wildman–Crippen LogP) is 2.17. The smallest absolute Gasteiger partial charge is 0.255 e. The van der Waals surface area contributed by atoms with Crippen molar-refractivity contribution in [3.05, 3.63) is 23.0 Å². The van der Waals surface area contributed by atoms with E-state index < -0.39 is 6.43 Å². The van der Waals surface area contributed by atoms with Gasteiger partial charge in [0, 0.05) is 11.5 Å². The third kappa shape index (κ3) is 1.85. The Hall–Kier alpha value is -0.270. The largest absolute Gasteiger partial charge is 0.281 e. The molecular weight excluding hydrogens is 190 g/mol. The molecule has 1 heterocycles. The molecule has 1 aromatic rings. The van der Waals surface area contributed by atoms with Crippen LogP contribution in [0.4, 0.5) is 8.78 Å². The highest BCUT2D eigenvalue weighted by Crippen LogP contribution is 2.19. The van der Waals surface area contributed by atoms with Crippen molar-refractivity contribution in [1.82, 2.24) is 4.98 Å². The second kappa shape index (κ2) is 3.42. The summed E-state index contributed by atoms with van der Waals surface area (Å²) in [5.74, 6) is 0. The van der Waals surface area contributed by atoms with Crippen LogP contribution in [0.1, 0.15) is 12.1 Å². The zero-order chi connectivity index (χ0) is 8.43. The van der Waals surface area contributed by atoms with Gasteiger partial charge in [-0.2, -0.15) is 0 Å². The van der Waals surface area contributed by atoms with Crippen LogP contribution in [0, 0.1) is 0 Å². The van der Waals surface area contributed by atoms with Crippen LogP contribution < -0.4 is 5.30 Å². The summed E-state index contributed by atoms with van der Waals surface area (Å²) in [7, 11) is 2.14. The molecule has 0 fully saturated rings. The second-order valence-electron chi connectivity index (χ2n) is 1.89. The molecule has 0 bridgehead atoms. The zero-order valence-electron chi connectivity index (χ0n) is 5.39. The molecule has 1 unspecified atom stereocenters. The van der Waals surface area contributed by atoms with Crippen molar-refractivity contribution in [2.75, 3.05) is 0 Å². The SMILES string of the molecule is FC(F)c1nccc(Cl)c1P. The zero-order valence-corrected chi connectivity index (χ0v) is 7.30. The number of hydrogen-bond acceptors (Lipinski definition) is 1. The Balaban J connectivity index is 3.17. The molecule has 0 saturated carbocycles. The first kappa shape index (κ1) is 8.82. The molecule has 1 nitrogen and oxygen atoms in total. The van der Waals surface area contributed by atoms with E-state index in [0.29, 0.717) is 5.02 Å². The minimum absolute atomic E-state index is 0.268. The number of pyridine rings is 1. The van der Waals surface area contributed by atoms with E-state index in [1.165, 1.54) is 12.3 Å². The van der Waals surface area contributed by atoms with Crippen LogP contribution in [-0.2, 0) is 0 Å². The summed E-state index contributed by atoms with van der Waals surface area (Å²) in [6.07, 6.45) is -1.31. The number of hydrogen-bond donors (Lipinski definition) is 0. The van der Waals surface area contributed by atoms with Gasteiger partial charge in [0.15, 0.2) is 0 Å². The first-order chi connectivity index (χ1) is 5.13. The summed E-state index contributed by atoms with van der Waals surface area (Å²) < 4.78 is 24.1. The molecule has 1 rings (SSSR count). The second-order valence-corrected chi connectivity index (χ2v) is 2.88. The predicted molar refractivity (Wildman–Crippen MR) is 43.5 cm³/mol. The maximum absolute atomic E-state index is 12.1. The van der Waals surface area contributed by atoms with Crippen LogP contribution in [0.15, 0.2) is 12.3 Å². The first-order valence-corrected chi connectivity index (χ1v) is 3.76. The Kier molecular flexibility index (Phi) is 2.74. The average molecular weight is 196 g/mol. The highest BCUT2D eigenvalue weighted by Gasteiger charge is 2.13. The Labute approximate surface area is 70.0 Å². The van der Waals surface area contributed by atoms with Gasteiger partial charge in [0.25, 0.3) is 6.43 Å². The van der Waals surface area contributed by atoms with Crippen LogP contribution >= 0.6 is 20.8 Å². The lowest BCUT2D eigenvalue weighted by molar-refractivity contribution is 0.147. The van der Waals surface area contributed by atoms with Gasteiger partial charge in [-0.3, -0.25) is 4.98 Å². The molecule has 60 valence electrons. The van der Waals surface area contributed by atoms with Gasteiger partial charge in [0.2, 0.25) is 0 Å². The molecule has 0 amide bonds. The van der Waals surface area contributed by atoms with E-state index in [9.17, 15) is 8.78 Å². The maximum Gasteiger partial charge on any atom is 0.281 e. The lowest BCUT2D eigenvalue weighted by Gasteiger charge is -2.03. The Morgan fingerprint density at radius 3 is 2.64 bits per heavy atom. The highest BCUT2D eigenvalue weighted by atomic mass is 35.5. The number of rotatable bonds is 1. The van der Waals surface area contributed by atoms with Crippen LogP contribution in [0.25, 0.3) is 0 Å². The van der Waals surface area contributed by atoms with Gasteiger partial charge in [-0.05, 0) is 6.07 Å². The molecule has 1 atom stereocenters. The van der Waals surface area contributed by atoms with E-state index in [0.717, 1.165) is 0 Å². The van der Waals surface area contributed by atoms with Crippen LogP contribution in [-0.4, -0.2) is 4.98 Å². The van der Waals surface area contributed by atoms with Crippen molar-refractivity contribution >= 4 is 26.1 Å². The fourth-order valence-corrected chi connectivity index (χ4v) is 1.09. The van der Waals surface area contributed by atoms with Gasteiger partial charge >= 0.3 is 0 Å². The fourth-order valence-electron chi connectivity index (χ4n) is 0.639. The Morgan fingerprint density at radius 1 is 1.55 bits per heavy atom. The Morgan fingerprint density at radius 2 is 2.18 bits per heavy atom. The minimum atomic E-state index is -2.57. The summed E-state index contributed by atoms with van der Waals surface area (Å²) >= 11 is 5.56. The number of halogens is 3. The van der Waals surface area contributed by atoms with E-state index in [-0.39, 0.29) is 11.0 Å². The number of aromatic nitrogens is 1. The van der Waals surface area contributed by atoms with Crippen molar-refractivity contribution in [3.63, 3.8) is 0 Å². The molecule has 11 heavy (non-hydrogen) atoms. The molecule has 0 radical (unpaired) electrons. The summed E-state index contributed by atoms with van der Waals surface area (Å²) in [6, 6.07) is 1.47. The molecule has 0 saturated heterocycles. The standard InChI is InChI=1S/C6H5ClF2NP/c7-3-1-2-10-4(5(3)11)6(8)9/h1-2,6H,11H2. The van der Waals surface area contributed by atoms with Crippen molar-refractivity contribution in [2.45, 2.75) is 6.43 Å². The maximum atomic E-state index is 12.1. The summed E-state index contributed by atoms with van der Waals surface area (Å²) in [5, 5.41) is 0.560. The van der Waals surface area contributed by atoms with Gasteiger partial charge in [-0.1, -0.05) is 11.6 Å². The van der Waals surface area contributed by atoms with Crippen molar-refractivity contribution in [2.24, 2.45) is 0 Å². The van der Waals surface area contributed by atoms with Crippen LogP contribution in [0.2, 0.25) is 5.02 Å². The molecule has 0 aliphatic carbocycles. The van der Waals surface area contributed by atoms with Gasteiger partial charge < -0.3 is 0 Å². The van der Waals surface area contributed by atoms with Gasteiger partial charge in [0.05, 0.1) is 5.02 Å². The van der Waals surface area contributed by atoms with Gasteiger partial charge in [-0.15, -0.1) is 9.24 Å². The van der Waals surface area contributed by atoms with E-state index in [4.69, 9.17) is 11.6 Å². The van der Waals surface area contributed by atoms with E-state index >= 15 is 0 Å². The lowest BCUT2D eigenvalue weighted by atomic mass is 10.3. The Bertz CT molecular complexity index is 267. The van der Waals surface area contributed by atoms with Gasteiger partial charge in [-0.25, -0.2) is 8.78 Å². The summed E-state index contributed by atoms with van der Waals surface area (Å²) in [5.41, 5.74) is -0.275. The topological polar surface area (TPSA) is 12.9 Å². The van der Waals surface area contributed by atoms with E-state index in [1.54, 1.807) is 0 Å². The number of alkyl halides is 2. The molecule has 0 N–H and O–H groups in total. The average Bonchev–Trinajstić information content (AvgIpc) is 1.94. The van der Waals surface area contributed by atoms with Gasteiger partial charge in [0.1, 0.15) is 5.69 Å². The van der Waals surface area contributed by atoms with Crippen LogP contribution in [0.5, 0.6) is 0 Å². The quantitative estimate of drug-likeness (QED) is 0.626. The minimum Gasteiger partial charge on any atom is -0.255 e. The monoisotopic (exact) mass is 195 g/mol. The lowest BCUT2D eigenvalue weighted by Crippen LogP contribution is -2.06. The van der Waals surface area contributed by atoms with Crippen molar-refractivity contribution < 1.29 is 8.78 Å². The van der Waals surface area contributed by atoms with E-state index in [2.05, 4.69) is 14.2 Å². The van der Waals surface area contributed by atoms with Crippen LogP contribution in [0.3, 0.4) is 0 Å². The van der Waals surface area contributed by atoms with E-state index in [1.807, 2.05) is 0 Å². The molecule has 0 aliphatic rings. The summed E-state index contributed by atoms with van der Waals surface area (Å²) in [6.45, 7) is 0. The van der Waals surface area contributed by atoms with Crippen molar-refractivity contribution in [3.8, 4) is 0 Å². The normalized spacial score (nSPS) is 10.6. The molecule has 0 aromatic carbocycles. The fraction of sp³-hybridized carbons (Fsp3) is 0.167. The molecule has 0 spiro atoms. The first-order valence-electron chi connectivity index (χ1n) is 2.81.